The summed E-state index contributed by atoms with van der Waals surface area (Å²) in [5.41, 5.74) is 5.09. The molecular formula is C18H23NO2. The van der Waals surface area contributed by atoms with Gasteiger partial charge < -0.3 is 15.2 Å². The Morgan fingerprint density at radius 2 is 1.90 bits per heavy atom. The van der Waals surface area contributed by atoms with Gasteiger partial charge in [-0.3, -0.25) is 0 Å². The van der Waals surface area contributed by atoms with Gasteiger partial charge in [0.05, 0.1) is 19.8 Å². The summed E-state index contributed by atoms with van der Waals surface area (Å²) in [7, 11) is 0. The van der Waals surface area contributed by atoms with Crippen molar-refractivity contribution in [2.75, 3.05) is 26.4 Å². The summed E-state index contributed by atoms with van der Waals surface area (Å²) < 4.78 is 5.22. The minimum Gasteiger partial charge on any atom is -0.394 e. The Hall–Kier alpha value is -1.68. The maximum atomic E-state index is 8.62. The molecule has 0 amide bonds. The molecule has 0 heterocycles. The lowest BCUT2D eigenvalue weighted by Gasteiger charge is -2.09. The molecule has 0 atom stereocenters. The summed E-state index contributed by atoms with van der Waals surface area (Å²) >= 11 is 0. The second kappa shape index (κ2) is 8.57. The Balaban J connectivity index is 1.91. The summed E-state index contributed by atoms with van der Waals surface area (Å²) in [5.74, 6) is 0. The van der Waals surface area contributed by atoms with E-state index >= 15 is 0 Å². The van der Waals surface area contributed by atoms with Gasteiger partial charge in [0.1, 0.15) is 0 Å². The predicted octanol–water partition coefficient (Wildman–Crippen LogP) is 2.76. The topological polar surface area (TPSA) is 41.5 Å². The van der Waals surface area contributed by atoms with Gasteiger partial charge in [-0.05, 0) is 35.2 Å². The fraction of sp³-hybridized carbons (Fsp3) is 0.333. The first-order valence-electron chi connectivity index (χ1n) is 7.35. The van der Waals surface area contributed by atoms with Crippen LogP contribution in [0.1, 0.15) is 11.1 Å². The molecule has 112 valence electrons. The smallest absolute Gasteiger partial charge is 0.0698 e. The molecule has 0 radical (unpaired) electrons. The Kier molecular flexibility index (Phi) is 6.41. The van der Waals surface area contributed by atoms with E-state index in [-0.39, 0.29) is 6.61 Å². The zero-order valence-electron chi connectivity index (χ0n) is 12.5. The molecule has 2 aromatic rings. The third kappa shape index (κ3) is 4.97. The van der Waals surface area contributed by atoms with Crippen LogP contribution in [0.4, 0.5) is 0 Å². The third-order valence-electron chi connectivity index (χ3n) is 3.37. The van der Waals surface area contributed by atoms with E-state index in [1.807, 2.05) is 0 Å². The lowest BCUT2D eigenvalue weighted by atomic mass is 9.99. The minimum atomic E-state index is 0.0818. The van der Waals surface area contributed by atoms with Gasteiger partial charge in [-0.25, -0.2) is 0 Å². The number of rotatable bonds is 8. The van der Waals surface area contributed by atoms with Gasteiger partial charge in [0.15, 0.2) is 0 Å². The van der Waals surface area contributed by atoms with E-state index in [0.717, 1.165) is 13.1 Å². The number of aliphatic hydroxyl groups excluding tert-OH is 1. The van der Waals surface area contributed by atoms with Crippen molar-refractivity contribution in [3.8, 4) is 11.1 Å². The molecule has 2 N–H and O–H groups in total. The van der Waals surface area contributed by atoms with Gasteiger partial charge in [0, 0.05) is 13.1 Å². The number of nitrogens with one attached hydrogen (secondary N) is 1. The van der Waals surface area contributed by atoms with Gasteiger partial charge in [-0.2, -0.15) is 0 Å². The number of aryl methyl sites for hydroxylation is 1. The molecule has 2 aromatic carbocycles. The van der Waals surface area contributed by atoms with E-state index in [2.05, 4.69) is 60.8 Å². The fourth-order valence-electron chi connectivity index (χ4n) is 2.29. The highest BCUT2D eigenvalue weighted by molar-refractivity contribution is 5.67. The molecule has 2 rings (SSSR count). The first-order chi connectivity index (χ1) is 10.3. The standard InChI is InChI=1S/C18H23NO2/c1-15-5-2-3-8-18(15)17-7-4-6-16(13-17)14-19-9-11-21-12-10-20/h2-8,13,19-20H,9-12,14H2,1H3. The van der Waals surface area contributed by atoms with Crippen LogP contribution in [-0.2, 0) is 11.3 Å². The molecule has 3 nitrogen and oxygen atoms in total. The normalized spacial score (nSPS) is 10.8. The Bertz CT molecular complexity index is 554. The summed E-state index contributed by atoms with van der Waals surface area (Å²) in [6.07, 6.45) is 0. The molecule has 0 bridgehead atoms. The quantitative estimate of drug-likeness (QED) is 0.733. The maximum Gasteiger partial charge on any atom is 0.0698 e. The van der Waals surface area contributed by atoms with Crippen molar-refractivity contribution < 1.29 is 9.84 Å². The van der Waals surface area contributed by atoms with E-state index in [1.54, 1.807) is 0 Å². The Morgan fingerprint density at radius 1 is 1.05 bits per heavy atom. The van der Waals surface area contributed by atoms with Crippen LogP contribution < -0.4 is 5.32 Å². The van der Waals surface area contributed by atoms with E-state index in [1.165, 1.54) is 22.3 Å². The number of ether oxygens (including phenoxy) is 1. The fourth-order valence-corrected chi connectivity index (χ4v) is 2.29. The molecule has 0 aliphatic carbocycles. The largest absolute Gasteiger partial charge is 0.394 e. The van der Waals surface area contributed by atoms with Crippen LogP contribution in [0.15, 0.2) is 48.5 Å². The zero-order chi connectivity index (χ0) is 14.9. The maximum absolute atomic E-state index is 8.62. The molecule has 0 saturated heterocycles. The van der Waals surface area contributed by atoms with E-state index in [0.29, 0.717) is 13.2 Å². The Morgan fingerprint density at radius 3 is 2.71 bits per heavy atom. The van der Waals surface area contributed by atoms with Crippen LogP contribution in [0.2, 0.25) is 0 Å². The van der Waals surface area contributed by atoms with Crippen molar-refractivity contribution >= 4 is 0 Å². The second-order valence-corrected chi connectivity index (χ2v) is 5.03. The van der Waals surface area contributed by atoms with E-state index in [4.69, 9.17) is 9.84 Å². The monoisotopic (exact) mass is 285 g/mol. The van der Waals surface area contributed by atoms with Crippen molar-refractivity contribution in [2.24, 2.45) is 0 Å². The molecule has 3 heteroatoms. The lowest BCUT2D eigenvalue weighted by Crippen LogP contribution is -2.20. The van der Waals surface area contributed by atoms with Crippen molar-refractivity contribution in [2.45, 2.75) is 13.5 Å². The first-order valence-corrected chi connectivity index (χ1v) is 7.35. The number of hydrogen-bond donors (Lipinski definition) is 2. The molecule has 0 spiro atoms. The van der Waals surface area contributed by atoms with Gasteiger partial charge in [-0.15, -0.1) is 0 Å². The summed E-state index contributed by atoms with van der Waals surface area (Å²) in [5, 5.41) is 12.0. The number of hydrogen-bond acceptors (Lipinski definition) is 3. The van der Waals surface area contributed by atoms with Crippen molar-refractivity contribution in [1.29, 1.82) is 0 Å². The van der Waals surface area contributed by atoms with E-state index < -0.39 is 0 Å². The molecule has 21 heavy (non-hydrogen) atoms. The van der Waals surface area contributed by atoms with Crippen LogP contribution in [0.25, 0.3) is 11.1 Å². The van der Waals surface area contributed by atoms with Crippen LogP contribution in [0.5, 0.6) is 0 Å². The highest BCUT2D eigenvalue weighted by Crippen LogP contribution is 2.23. The van der Waals surface area contributed by atoms with Crippen molar-refractivity contribution in [1.82, 2.24) is 5.32 Å². The van der Waals surface area contributed by atoms with Crippen molar-refractivity contribution in [3.05, 3.63) is 59.7 Å². The van der Waals surface area contributed by atoms with Crippen molar-refractivity contribution in [3.63, 3.8) is 0 Å². The van der Waals surface area contributed by atoms with Gasteiger partial charge in [0.2, 0.25) is 0 Å². The molecule has 0 fully saturated rings. The highest BCUT2D eigenvalue weighted by Gasteiger charge is 2.02. The number of benzene rings is 2. The summed E-state index contributed by atoms with van der Waals surface area (Å²) in [6.45, 7) is 4.86. The summed E-state index contributed by atoms with van der Waals surface area (Å²) in [4.78, 5) is 0. The molecule has 0 unspecified atom stereocenters. The molecular weight excluding hydrogens is 262 g/mol. The first kappa shape index (κ1) is 15.7. The zero-order valence-corrected chi connectivity index (χ0v) is 12.5. The van der Waals surface area contributed by atoms with Crippen LogP contribution in [0, 0.1) is 6.92 Å². The van der Waals surface area contributed by atoms with Crippen LogP contribution >= 0.6 is 0 Å². The average molecular weight is 285 g/mol. The average Bonchev–Trinajstić information content (AvgIpc) is 2.51. The van der Waals surface area contributed by atoms with Crippen LogP contribution in [0.3, 0.4) is 0 Å². The molecule has 0 aromatic heterocycles. The minimum absolute atomic E-state index is 0.0818. The van der Waals surface area contributed by atoms with Crippen LogP contribution in [-0.4, -0.2) is 31.5 Å². The second-order valence-electron chi connectivity index (χ2n) is 5.03. The molecule has 0 saturated carbocycles. The van der Waals surface area contributed by atoms with Gasteiger partial charge in [0.25, 0.3) is 0 Å². The highest BCUT2D eigenvalue weighted by atomic mass is 16.5. The van der Waals surface area contributed by atoms with E-state index in [9.17, 15) is 0 Å². The summed E-state index contributed by atoms with van der Waals surface area (Å²) in [6, 6.07) is 17.0. The third-order valence-corrected chi connectivity index (χ3v) is 3.37. The SMILES string of the molecule is Cc1ccccc1-c1cccc(CNCCOCCO)c1. The number of aliphatic hydroxyl groups is 1. The van der Waals surface area contributed by atoms with Gasteiger partial charge >= 0.3 is 0 Å². The molecule has 0 aliphatic heterocycles. The Labute approximate surface area is 126 Å². The molecule has 0 aliphatic rings. The predicted molar refractivity (Wildman–Crippen MR) is 86.2 cm³/mol. The van der Waals surface area contributed by atoms with Gasteiger partial charge in [-0.1, -0.05) is 42.5 Å². The lowest BCUT2D eigenvalue weighted by molar-refractivity contribution is 0.0938.